The normalized spacial score (nSPS) is 14.7. The summed E-state index contributed by atoms with van der Waals surface area (Å²) in [6, 6.07) is 7.10. The van der Waals surface area contributed by atoms with Crippen molar-refractivity contribution in [3.63, 3.8) is 0 Å². The summed E-state index contributed by atoms with van der Waals surface area (Å²) in [5.41, 5.74) is 0.180. The molecule has 0 saturated heterocycles. The van der Waals surface area contributed by atoms with E-state index in [9.17, 15) is 9.90 Å². The van der Waals surface area contributed by atoms with Crippen molar-refractivity contribution in [1.82, 2.24) is 0 Å². The summed E-state index contributed by atoms with van der Waals surface area (Å²) in [7, 11) is 1.53. The smallest absolute Gasteiger partial charge is 0.351 e. The first-order valence-electron chi connectivity index (χ1n) is 6.38. The van der Waals surface area contributed by atoms with E-state index in [1.807, 2.05) is 5.97 Å². The van der Waals surface area contributed by atoms with Crippen molar-refractivity contribution in [2.24, 2.45) is 0 Å². The van der Waals surface area contributed by atoms with E-state index < -0.39 is 12.4 Å². The standard InChI is InChI=1S/C14H13BN2O3S/c1-20-11-5-3-2-4-9(11)17-14(21)12-10(18)6-7-15(8-16)13(12)19/h2-5,18H,6-7H2,1H3,(H,17,21). The Labute approximate surface area is 128 Å². The zero-order chi connectivity index (χ0) is 15.4. The van der Waals surface area contributed by atoms with Crippen LogP contribution in [0.2, 0.25) is 6.32 Å². The molecule has 0 atom stereocenters. The Morgan fingerprint density at radius 1 is 1.52 bits per heavy atom. The Bertz CT molecular complexity index is 666. The van der Waals surface area contributed by atoms with Crippen molar-refractivity contribution in [3.05, 3.63) is 35.6 Å². The van der Waals surface area contributed by atoms with Crippen LogP contribution in [-0.4, -0.2) is 29.6 Å². The number of ether oxygens (including phenoxy) is 1. The second-order valence-electron chi connectivity index (χ2n) is 4.56. The number of hydrogen-bond donors (Lipinski definition) is 2. The Kier molecular flexibility index (Phi) is 4.61. The Hall–Kier alpha value is -2.33. The number of anilines is 1. The molecule has 5 nitrogen and oxygen atoms in total. The number of methoxy groups -OCH3 is 1. The van der Waals surface area contributed by atoms with Crippen LogP contribution in [0, 0.1) is 11.2 Å². The number of nitriles is 1. The van der Waals surface area contributed by atoms with Crippen LogP contribution in [0.4, 0.5) is 5.69 Å². The molecule has 0 fully saturated rings. The lowest BCUT2D eigenvalue weighted by atomic mass is 9.41. The third-order valence-electron chi connectivity index (χ3n) is 3.26. The number of benzene rings is 1. The fraction of sp³-hybridized carbons (Fsp3) is 0.214. The number of rotatable bonds is 3. The molecule has 0 saturated carbocycles. The SMILES string of the molecule is COc1ccccc1NC(=S)C1=C(O)CCB(C#N)C1=O. The number of carbonyl (C=O) groups excluding carboxylic acids is 1. The average Bonchev–Trinajstić information content (AvgIpc) is 2.48. The van der Waals surface area contributed by atoms with E-state index in [-0.39, 0.29) is 22.7 Å². The third kappa shape index (κ3) is 3.06. The summed E-state index contributed by atoms with van der Waals surface area (Å²) in [4.78, 5) is 12.3. The summed E-state index contributed by atoms with van der Waals surface area (Å²) in [5, 5.41) is 21.8. The molecule has 1 aromatic rings. The fourth-order valence-corrected chi connectivity index (χ4v) is 2.48. The average molecular weight is 300 g/mol. The number of carbonyl (C=O) groups is 1. The van der Waals surface area contributed by atoms with Crippen LogP contribution < -0.4 is 10.1 Å². The monoisotopic (exact) mass is 300 g/mol. The van der Waals surface area contributed by atoms with Crippen molar-refractivity contribution < 1.29 is 14.6 Å². The van der Waals surface area contributed by atoms with Crippen LogP contribution in [0.5, 0.6) is 5.75 Å². The first-order chi connectivity index (χ1) is 10.1. The zero-order valence-electron chi connectivity index (χ0n) is 11.4. The van der Waals surface area contributed by atoms with Gasteiger partial charge in [-0.05, 0) is 18.5 Å². The maximum atomic E-state index is 12.2. The predicted molar refractivity (Wildman–Crippen MR) is 84.7 cm³/mol. The van der Waals surface area contributed by atoms with E-state index in [4.69, 9.17) is 22.2 Å². The van der Waals surface area contributed by atoms with Crippen LogP contribution >= 0.6 is 12.2 Å². The molecular formula is C14H13BN2O3S. The van der Waals surface area contributed by atoms with Crippen molar-refractivity contribution in [2.45, 2.75) is 12.7 Å². The highest BCUT2D eigenvalue weighted by molar-refractivity contribution is 7.81. The number of aliphatic hydroxyl groups excluding tert-OH is 1. The van der Waals surface area contributed by atoms with Gasteiger partial charge in [0, 0.05) is 12.4 Å². The summed E-state index contributed by atoms with van der Waals surface area (Å²) >= 11 is 5.20. The van der Waals surface area contributed by atoms with Crippen molar-refractivity contribution in [2.75, 3.05) is 12.4 Å². The minimum Gasteiger partial charge on any atom is -0.512 e. The van der Waals surface area contributed by atoms with E-state index >= 15 is 0 Å². The van der Waals surface area contributed by atoms with Gasteiger partial charge in [0.2, 0.25) is 0 Å². The van der Waals surface area contributed by atoms with Crippen LogP contribution in [0.3, 0.4) is 0 Å². The molecule has 1 aromatic carbocycles. The topological polar surface area (TPSA) is 82.3 Å². The number of thiocarbonyl (C=S) groups is 1. The van der Waals surface area contributed by atoms with Gasteiger partial charge in [0.1, 0.15) is 22.2 Å². The molecule has 7 heteroatoms. The number of aliphatic hydroxyl groups is 1. The first kappa shape index (κ1) is 15.1. The molecule has 1 aliphatic heterocycles. The second-order valence-corrected chi connectivity index (χ2v) is 4.97. The van der Waals surface area contributed by atoms with Gasteiger partial charge in [-0.3, -0.25) is 0 Å². The van der Waals surface area contributed by atoms with Crippen LogP contribution in [-0.2, 0) is 4.79 Å². The number of allylic oxidation sites excluding steroid dienone is 1. The molecule has 2 rings (SSSR count). The van der Waals surface area contributed by atoms with Gasteiger partial charge in [-0.2, -0.15) is 0 Å². The molecule has 1 aliphatic rings. The van der Waals surface area contributed by atoms with Gasteiger partial charge >= 0.3 is 6.71 Å². The van der Waals surface area contributed by atoms with Gasteiger partial charge in [-0.25, -0.2) is 5.26 Å². The Morgan fingerprint density at radius 2 is 2.24 bits per heavy atom. The molecule has 0 aliphatic carbocycles. The fourth-order valence-electron chi connectivity index (χ4n) is 2.15. The molecule has 1 heterocycles. The number of nitrogens with zero attached hydrogens (tertiary/aromatic N) is 1. The maximum absolute atomic E-state index is 12.2. The van der Waals surface area contributed by atoms with Gasteiger partial charge in [0.05, 0.1) is 18.4 Å². The molecule has 0 aromatic heterocycles. The lowest BCUT2D eigenvalue weighted by Crippen LogP contribution is -2.35. The molecule has 0 radical (unpaired) electrons. The Balaban J connectivity index is 2.27. The van der Waals surface area contributed by atoms with Crippen molar-refractivity contribution in [3.8, 4) is 11.7 Å². The predicted octanol–water partition coefficient (Wildman–Crippen LogP) is 2.32. The first-order valence-corrected chi connectivity index (χ1v) is 6.79. The van der Waals surface area contributed by atoms with Crippen molar-refractivity contribution >= 4 is 35.3 Å². The number of para-hydroxylation sites is 2. The van der Waals surface area contributed by atoms with Gasteiger partial charge in [-0.15, -0.1) is 0 Å². The minimum atomic E-state index is -0.756. The lowest BCUT2D eigenvalue weighted by molar-refractivity contribution is -0.109. The third-order valence-corrected chi connectivity index (χ3v) is 3.57. The quantitative estimate of drug-likeness (QED) is 0.658. The van der Waals surface area contributed by atoms with E-state index in [1.165, 1.54) is 7.11 Å². The van der Waals surface area contributed by atoms with Gasteiger partial charge in [-0.1, -0.05) is 24.4 Å². The molecule has 106 valence electrons. The molecule has 21 heavy (non-hydrogen) atoms. The molecule has 2 N–H and O–H groups in total. The summed E-state index contributed by atoms with van der Waals surface area (Å²) in [6.07, 6.45) is 0.592. The maximum Gasteiger partial charge on any atom is 0.351 e. The van der Waals surface area contributed by atoms with E-state index in [1.54, 1.807) is 24.3 Å². The summed E-state index contributed by atoms with van der Waals surface area (Å²) < 4.78 is 5.19. The van der Waals surface area contributed by atoms with Crippen LogP contribution in [0.25, 0.3) is 0 Å². The lowest BCUT2D eigenvalue weighted by Gasteiger charge is -2.19. The van der Waals surface area contributed by atoms with Crippen LogP contribution in [0.15, 0.2) is 35.6 Å². The summed E-state index contributed by atoms with van der Waals surface area (Å²) in [5.74, 6) is 2.44. The highest BCUT2D eigenvalue weighted by Crippen LogP contribution is 2.26. The molecular weight excluding hydrogens is 287 g/mol. The summed E-state index contributed by atoms with van der Waals surface area (Å²) in [6.45, 7) is -0.756. The highest BCUT2D eigenvalue weighted by Gasteiger charge is 2.35. The van der Waals surface area contributed by atoms with Crippen molar-refractivity contribution in [1.29, 1.82) is 5.26 Å². The van der Waals surface area contributed by atoms with Gasteiger partial charge in [0.15, 0.2) is 0 Å². The van der Waals surface area contributed by atoms with E-state index in [2.05, 4.69) is 5.32 Å². The van der Waals surface area contributed by atoms with E-state index in [0.717, 1.165) is 0 Å². The highest BCUT2D eigenvalue weighted by atomic mass is 32.1. The molecule has 0 bridgehead atoms. The van der Waals surface area contributed by atoms with Crippen LogP contribution in [0.1, 0.15) is 6.42 Å². The molecule has 0 spiro atoms. The largest absolute Gasteiger partial charge is 0.512 e. The minimum absolute atomic E-state index is 0.0220. The van der Waals surface area contributed by atoms with Gasteiger partial charge in [0.25, 0.3) is 0 Å². The number of nitrogens with one attached hydrogen (secondary N) is 1. The second kappa shape index (κ2) is 6.42. The van der Waals surface area contributed by atoms with Gasteiger partial charge < -0.3 is 20.0 Å². The molecule has 0 unspecified atom stereocenters. The zero-order valence-corrected chi connectivity index (χ0v) is 12.2. The van der Waals surface area contributed by atoms with E-state index in [0.29, 0.717) is 17.8 Å². The number of hydrogen-bond acceptors (Lipinski definition) is 5. The Morgan fingerprint density at radius 3 is 2.90 bits per heavy atom. The molecule has 0 amide bonds.